The second kappa shape index (κ2) is 13.0. The molecule has 1 heterocycles. The molecule has 2 heteroatoms. The number of rotatable bonds is 6. The molecular weight excluding hydrogens is 691 g/mol. The minimum Gasteiger partial charge on any atom is -0.455 e. The van der Waals surface area contributed by atoms with E-state index in [1.54, 1.807) is 0 Å². The summed E-state index contributed by atoms with van der Waals surface area (Å²) in [6, 6.07) is 72.5. The Labute approximate surface area is 332 Å². The van der Waals surface area contributed by atoms with E-state index in [1.165, 1.54) is 38.9 Å². The first kappa shape index (κ1) is 33.2. The average Bonchev–Trinajstić information content (AvgIpc) is 3.76. The van der Waals surface area contributed by atoms with Crippen LogP contribution in [-0.4, -0.2) is 0 Å². The highest BCUT2D eigenvalue weighted by molar-refractivity contribution is 6.22. The molecule has 0 spiro atoms. The van der Waals surface area contributed by atoms with Gasteiger partial charge in [0, 0.05) is 43.9 Å². The van der Waals surface area contributed by atoms with Gasteiger partial charge in [-0.3, -0.25) is 0 Å². The fourth-order valence-electron chi connectivity index (χ4n) is 9.19. The van der Waals surface area contributed by atoms with E-state index in [2.05, 4.69) is 219 Å². The number of furan rings is 1. The molecule has 9 aromatic carbocycles. The molecule has 1 aliphatic rings. The highest BCUT2D eigenvalue weighted by Gasteiger charge is 2.36. The molecule has 0 unspecified atom stereocenters. The van der Waals surface area contributed by atoms with Gasteiger partial charge in [0.1, 0.15) is 11.2 Å². The van der Waals surface area contributed by atoms with Gasteiger partial charge in [-0.05, 0) is 92.5 Å². The molecule has 0 radical (unpaired) electrons. The molecule has 0 amide bonds. The van der Waals surface area contributed by atoms with E-state index in [0.29, 0.717) is 0 Å². The van der Waals surface area contributed by atoms with Crippen LogP contribution in [0.15, 0.2) is 205 Å². The molecule has 0 atom stereocenters. The zero-order valence-corrected chi connectivity index (χ0v) is 31.9. The molecule has 0 fully saturated rings. The van der Waals surface area contributed by atoms with E-state index < -0.39 is 0 Å². The van der Waals surface area contributed by atoms with Crippen LogP contribution in [0.25, 0.3) is 77.2 Å². The van der Waals surface area contributed by atoms with Gasteiger partial charge in [-0.25, -0.2) is 0 Å². The number of anilines is 3. The monoisotopic (exact) mass is 729 g/mol. The zero-order chi connectivity index (χ0) is 38.1. The topological polar surface area (TPSA) is 16.4 Å². The third kappa shape index (κ3) is 5.33. The van der Waals surface area contributed by atoms with E-state index in [4.69, 9.17) is 4.42 Å². The van der Waals surface area contributed by atoms with Crippen molar-refractivity contribution < 1.29 is 4.42 Å². The number of hydrogen-bond donors (Lipinski definition) is 0. The maximum absolute atomic E-state index is 7.06. The van der Waals surface area contributed by atoms with Crippen LogP contribution >= 0.6 is 0 Å². The quantitative estimate of drug-likeness (QED) is 0.169. The van der Waals surface area contributed by atoms with Crippen molar-refractivity contribution in [1.82, 2.24) is 0 Å². The summed E-state index contributed by atoms with van der Waals surface area (Å²) in [5.41, 5.74) is 17.3. The largest absolute Gasteiger partial charge is 0.455 e. The third-order valence-electron chi connectivity index (χ3n) is 12.0. The molecular formula is C55H39NO. The highest BCUT2D eigenvalue weighted by Crippen LogP contribution is 2.52. The molecule has 0 aliphatic heterocycles. The lowest BCUT2D eigenvalue weighted by molar-refractivity contribution is 0.660. The molecule has 2 nitrogen and oxygen atoms in total. The molecule has 0 bridgehead atoms. The van der Waals surface area contributed by atoms with Gasteiger partial charge in [-0.15, -0.1) is 0 Å². The Morgan fingerprint density at radius 2 is 0.895 bits per heavy atom. The second-order valence-corrected chi connectivity index (χ2v) is 15.7. The summed E-state index contributed by atoms with van der Waals surface area (Å²) in [5.74, 6) is 0. The van der Waals surface area contributed by atoms with Crippen molar-refractivity contribution in [2.45, 2.75) is 19.3 Å². The average molecular weight is 730 g/mol. The Kier molecular flexibility index (Phi) is 7.55. The number of fused-ring (bicyclic) bond motifs is 8. The number of nitrogens with zero attached hydrogens (tertiary/aromatic N) is 1. The molecule has 57 heavy (non-hydrogen) atoms. The maximum Gasteiger partial charge on any atom is 0.143 e. The normalized spacial score (nSPS) is 12.9. The van der Waals surface area contributed by atoms with E-state index in [1.807, 2.05) is 0 Å². The summed E-state index contributed by atoms with van der Waals surface area (Å²) in [7, 11) is 0. The Morgan fingerprint density at radius 3 is 1.61 bits per heavy atom. The first-order valence-corrected chi connectivity index (χ1v) is 19.8. The molecule has 1 aliphatic carbocycles. The van der Waals surface area contributed by atoms with Gasteiger partial charge in [0.2, 0.25) is 0 Å². The van der Waals surface area contributed by atoms with Crippen molar-refractivity contribution in [2.75, 3.05) is 4.90 Å². The summed E-state index contributed by atoms with van der Waals surface area (Å²) in [4.78, 5) is 2.45. The van der Waals surface area contributed by atoms with E-state index in [9.17, 15) is 0 Å². The van der Waals surface area contributed by atoms with Crippen LogP contribution in [0.5, 0.6) is 0 Å². The number of benzene rings is 9. The fraction of sp³-hybridized carbons (Fsp3) is 0.0545. The van der Waals surface area contributed by atoms with Crippen LogP contribution in [0.4, 0.5) is 17.1 Å². The predicted molar refractivity (Wildman–Crippen MR) is 240 cm³/mol. The van der Waals surface area contributed by atoms with Crippen LogP contribution in [0.2, 0.25) is 0 Å². The Bertz CT molecular complexity index is 3120. The van der Waals surface area contributed by atoms with Crippen LogP contribution in [0.3, 0.4) is 0 Å². The minimum atomic E-state index is -0.140. The summed E-state index contributed by atoms with van der Waals surface area (Å²) < 4.78 is 7.06. The van der Waals surface area contributed by atoms with Crippen molar-refractivity contribution in [3.8, 4) is 44.5 Å². The van der Waals surface area contributed by atoms with Gasteiger partial charge in [0.25, 0.3) is 0 Å². The van der Waals surface area contributed by atoms with Crippen molar-refractivity contribution >= 4 is 49.8 Å². The third-order valence-corrected chi connectivity index (χ3v) is 12.0. The minimum absolute atomic E-state index is 0.140. The van der Waals surface area contributed by atoms with Crippen molar-refractivity contribution in [3.05, 3.63) is 211 Å². The van der Waals surface area contributed by atoms with Gasteiger partial charge in [0.15, 0.2) is 0 Å². The predicted octanol–water partition coefficient (Wildman–Crippen LogP) is 15.5. The van der Waals surface area contributed by atoms with Crippen LogP contribution in [0, 0.1) is 0 Å². The fourth-order valence-corrected chi connectivity index (χ4v) is 9.19. The van der Waals surface area contributed by atoms with E-state index in [-0.39, 0.29) is 5.41 Å². The Hall–Kier alpha value is -7.16. The standard InChI is InChI=1S/C55H39NO/c1-55(2)50-25-15-14-22-43(50)44-31-30-42(34-51(44)55)56(41-28-26-38(27-29-41)36-16-6-3-7-17-36)52-35-49-48-33-40(37-18-8-4-9-19-37)32-47(39-20-10-5-11-21-39)54(48)57-53(49)46-24-13-12-23-45(46)52/h3-35H,1-2H3. The Balaban J connectivity index is 1.19. The van der Waals surface area contributed by atoms with Crippen molar-refractivity contribution in [1.29, 1.82) is 0 Å². The second-order valence-electron chi connectivity index (χ2n) is 15.7. The summed E-state index contributed by atoms with van der Waals surface area (Å²) in [5, 5.41) is 4.40. The van der Waals surface area contributed by atoms with Crippen molar-refractivity contribution in [3.63, 3.8) is 0 Å². The van der Waals surface area contributed by atoms with Crippen LogP contribution < -0.4 is 4.90 Å². The van der Waals surface area contributed by atoms with Gasteiger partial charge < -0.3 is 9.32 Å². The molecule has 0 saturated carbocycles. The molecule has 11 rings (SSSR count). The molecule has 270 valence electrons. The summed E-state index contributed by atoms with van der Waals surface area (Å²) in [6.45, 7) is 4.71. The molecule has 0 saturated heterocycles. The first-order chi connectivity index (χ1) is 28.0. The lowest BCUT2D eigenvalue weighted by Crippen LogP contribution is -2.16. The van der Waals surface area contributed by atoms with Gasteiger partial charge >= 0.3 is 0 Å². The summed E-state index contributed by atoms with van der Waals surface area (Å²) in [6.07, 6.45) is 0. The lowest BCUT2D eigenvalue weighted by atomic mass is 9.82. The molecule has 0 N–H and O–H groups in total. The molecule has 1 aromatic heterocycles. The maximum atomic E-state index is 7.06. The van der Waals surface area contributed by atoms with E-state index >= 15 is 0 Å². The SMILES string of the molecule is CC1(C)c2ccccc2-c2ccc(N(c3ccc(-c4ccccc4)cc3)c3cc4c5cc(-c6ccccc6)cc(-c6ccccc6)c5oc4c4ccccc34)cc21. The Morgan fingerprint density at radius 1 is 0.351 bits per heavy atom. The smallest absolute Gasteiger partial charge is 0.143 e. The highest BCUT2D eigenvalue weighted by atomic mass is 16.3. The van der Waals surface area contributed by atoms with Crippen molar-refractivity contribution in [2.24, 2.45) is 0 Å². The molecule has 10 aromatic rings. The summed E-state index contributed by atoms with van der Waals surface area (Å²) >= 11 is 0. The van der Waals surface area contributed by atoms with Crippen LogP contribution in [0.1, 0.15) is 25.0 Å². The van der Waals surface area contributed by atoms with E-state index in [0.717, 1.165) is 66.5 Å². The van der Waals surface area contributed by atoms with Crippen LogP contribution in [-0.2, 0) is 5.41 Å². The zero-order valence-electron chi connectivity index (χ0n) is 31.9. The number of hydrogen-bond acceptors (Lipinski definition) is 2. The van der Waals surface area contributed by atoms with Gasteiger partial charge in [-0.2, -0.15) is 0 Å². The van der Waals surface area contributed by atoms with Gasteiger partial charge in [-0.1, -0.05) is 172 Å². The van der Waals surface area contributed by atoms with Gasteiger partial charge in [0.05, 0.1) is 5.69 Å². The lowest BCUT2D eigenvalue weighted by Gasteiger charge is -2.29. The first-order valence-electron chi connectivity index (χ1n) is 19.8.